The van der Waals surface area contributed by atoms with Crippen LogP contribution >= 0.6 is 0 Å². The van der Waals surface area contributed by atoms with Gasteiger partial charge in [-0.3, -0.25) is 14.6 Å². The van der Waals surface area contributed by atoms with Crippen LogP contribution in [0.5, 0.6) is 0 Å². The van der Waals surface area contributed by atoms with E-state index < -0.39 is 0 Å². The lowest BCUT2D eigenvalue weighted by atomic mass is 10.0. The Morgan fingerprint density at radius 3 is 2.78 bits per heavy atom. The Balaban J connectivity index is 1.57. The smallest absolute Gasteiger partial charge is 0.240 e. The zero-order valence-electron chi connectivity index (χ0n) is 14.4. The normalized spacial score (nSPS) is 27.3. The molecule has 0 radical (unpaired) electrons. The molecule has 7 heteroatoms. The zero-order valence-corrected chi connectivity index (χ0v) is 14.4. The van der Waals surface area contributed by atoms with Crippen LogP contribution in [-0.4, -0.2) is 76.1 Å². The van der Waals surface area contributed by atoms with Gasteiger partial charge >= 0.3 is 0 Å². The summed E-state index contributed by atoms with van der Waals surface area (Å²) in [6.07, 6.45) is 1.06. The van der Waals surface area contributed by atoms with Crippen molar-refractivity contribution >= 4 is 5.91 Å². The maximum atomic E-state index is 11.6. The van der Waals surface area contributed by atoms with Gasteiger partial charge < -0.3 is 9.42 Å². The molecule has 0 aliphatic carbocycles. The molecule has 0 N–H and O–H groups in total. The van der Waals surface area contributed by atoms with Crippen LogP contribution < -0.4 is 0 Å². The number of amides is 1. The highest BCUT2D eigenvalue weighted by Gasteiger charge is 2.35. The molecule has 1 amide bonds. The third-order valence-corrected chi connectivity index (χ3v) is 5.02. The Morgan fingerprint density at radius 2 is 2.09 bits per heavy atom. The summed E-state index contributed by atoms with van der Waals surface area (Å²) in [5, 5.41) is 3.86. The van der Waals surface area contributed by atoms with Crippen molar-refractivity contribution in [1.82, 2.24) is 24.8 Å². The molecule has 0 saturated carbocycles. The van der Waals surface area contributed by atoms with E-state index in [4.69, 9.17) is 4.52 Å². The molecular weight excluding hydrogens is 294 g/mol. The molecule has 0 unspecified atom stereocenters. The second-order valence-electron chi connectivity index (χ2n) is 6.87. The van der Waals surface area contributed by atoms with E-state index in [1.54, 1.807) is 6.92 Å². The summed E-state index contributed by atoms with van der Waals surface area (Å²) in [5.41, 5.74) is 0. The fourth-order valence-corrected chi connectivity index (χ4v) is 3.83. The predicted octanol–water partition coefficient (Wildman–Crippen LogP) is 0.753. The highest BCUT2D eigenvalue weighted by molar-refractivity contribution is 5.73. The van der Waals surface area contributed by atoms with E-state index in [1.807, 2.05) is 11.8 Å². The summed E-state index contributed by atoms with van der Waals surface area (Å²) < 4.78 is 5.24. The largest absolute Gasteiger partial charge is 0.342 e. The molecular formula is C16H27N5O2. The summed E-state index contributed by atoms with van der Waals surface area (Å²) in [6.45, 7) is 12.4. The van der Waals surface area contributed by atoms with Crippen LogP contribution in [0.1, 0.15) is 32.0 Å². The van der Waals surface area contributed by atoms with Gasteiger partial charge in [0.05, 0.1) is 6.54 Å². The number of hydrogen-bond acceptors (Lipinski definition) is 6. The van der Waals surface area contributed by atoms with E-state index in [9.17, 15) is 4.79 Å². The van der Waals surface area contributed by atoms with Gasteiger partial charge in [0.25, 0.3) is 0 Å². The number of carbonyl (C=O) groups excluding carboxylic acids is 1. The van der Waals surface area contributed by atoms with Crippen LogP contribution in [0.25, 0.3) is 0 Å². The molecule has 0 aromatic carbocycles. The first-order valence-electron chi connectivity index (χ1n) is 8.54. The minimum Gasteiger partial charge on any atom is -0.342 e. The average molecular weight is 321 g/mol. The van der Waals surface area contributed by atoms with E-state index in [-0.39, 0.29) is 5.91 Å². The Morgan fingerprint density at radius 1 is 1.26 bits per heavy atom. The SMILES string of the molecule is CC(=O)N1CCCN([C@@H]2CN(Cc3nc(C)no3)C[C@H]2C)CC1. The molecule has 128 valence electrons. The van der Waals surface area contributed by atoms with Gasteiger partial charge in [-0.2, -0.15) is 4.98 Å². The monoisotopic (exact) mass is 321 g/mol. The van der Waals surface area contributed by atoms with Crippen LogP contribution in [0.15, 0.2) is 4.52 Å². The summed E-state index contributed by atoms with van der Waals surface area (Å²) in [6, 6.07) is 0.547. The van der Waals surface area contributed by atoms with Crippen molar-refractivity contribution in [2.24, 2.45) is 5.92 Å². The van der Waals surface area contributed by atoms with E-state index >= 15 is 0 Å². The fraction of sp³-hybridized carbons (Fsp3) is 0.812. The van der Waals surface area contributed by atoms with Crippen molar-refractivity contribution < 1.29 is 9.32 Å². The van der Waals surface area contributed by atoms with Crippen molar-refractivity contribution in [2.75, 3.05) is 39.3 Å². The van der Waals surface area contributed by atoms with Gasteiger partial charge in [0.15, 0.2) is 5.82 Å². The maximum Gasteiger partial charge on any atom is 0.240 e. The summed E-state index contributed by atoms with van der Waals surface area (Å²) in [7, 11) is 0. The molecule has 1 aromatic heterocycles. The number of rotatable bonds is 3. The quantitative estimate of drug-likeness (QED) is 0.819. The second kappa shape index (κ2) is 6.97. The number of aryl methyl sites for hydroxylation is 1. The minimum absolute atomic E-state index is 0.194. The molecule has 2 atom stereocenters. The lowest BCUT2D eigenvalue weighted by Crippen LogP contribution is -2.42. The average Bonchev–Trinajstić information content (AvgIpc) is 2.96. The first-order valence-corrected chi connectivity index (χ1v) is 8.54. The van der Waals surface area contributed by atoms with Gasteiger partial charge in [0.1, 0.15) is 0 Å². The third kappa shape index (κ3) is 3.90. The van der Waals surface area contributed by atoms with E-state index in [2.05, 4.69) is 26.9 Å². The Bertz CT molecular complexity index is 546. The second-order valence-corrected chi connectivity index (χ2v) is 6.87. The van der Waals surface area contributed by atoms with Crippen LogP contribution in [-0.2, 0) is 11.3 Å². The van der Waals surface area contributed by atoms with Gasteiger partial charge in [0, 0.05) is 52.2 Å². The molecule has 7 nitrogen and oxygen atoms in total. The molecule has 0 bridgehead atoms. The number of aromatic nitrogens is 2. The summed E-state index contributed by atoms with van der Waals surface area (Å²) in [4.78, 5) is 22.8. The fourth-order valence-electron chi connectivity index (χ4n) is 3.83. The third-order valence-electron chi connectivity index (χ3n) is 5.02. The predicted molar refractivity (Wildman–Crippen MR) is 85.7 cm³/mol. The lowest BCUT2D eigenvalue weighted by molar-refractivity contribution is -0.128. The van der Waals surface area contributed by atoms with Crippen molar-refractivity contribution in [3.8, 4) is 0 Å². The van der Waals surface area contributed by atoms with E-state index in [0.717, 1.165) is 52.2 Å². The van der Waals surface area contributed by atoms with Gasteiger partial charge in [0.2, 0.25) is 11.8 Å². The number of hydrogen-bond donors (Lipinski definition) is 0. The molecule has 2 aliphatic rings. The van der Waals surface area contributed by atoms with Crippen LogP contribution in [0, 0.1) is 12.8 Å². The topological polar surface area (TPSA) is 65.7 Å². The highest BCUT2D eigenvalue weighted by atomic mass is 16.5. The first kappa shape index (κ1) is 16.4. The van der Waals surface area contributed by atoms with Gasteiger partial charge in [-0.1, -0.05) is 12.1 Å². The van der Waals surface area contributed by atoms with Crippen molar-refractivity contribution in [1.29, 1.82) is 0 Å². The molecule has 1 aromatic rings. The van der Waals surface area contributed by atoms with Crippen LogP contribution in [0.2, 0.25) is 0 Å². The molecule has 2 aliphatic heterocycles. The van der Waals surface area contributed by atoms with E-state index in [1.165, 1.54) is 0 Å². The summed E-state index contributed by atoms with van der Waals surface area (Å²) >= 11 is 0. The number of likely N-dealkylation sites (tertiary alicyclic amines) is 1. The van der Waals surface area contributed by atoms with Crippen LogP contribution in [0.4, 0.5) is 0 Å². The Kier molecular flexibility index (Phi) is 4.96. The van der Waals surface area contributed by atoms with Crippen molar-refractivity contribution in [2.45, 2.75) is 39.8 Å². The number of nitrogens with zero attached hydrogens (tertiary/aromatic N) is 5. The number of carbonyl (C=O) groups is 1. The molecule has 2 fully saturated rings. The molecule has 23 heavy (non-hydrogen) atoms. The van der Waals surface area contributed by atoms with Crippen molar-refractivity contribution in [3.63, 3.8) is 0 Å². The maximum absolute atomic E-state index is 11.6. The summed E-state index contributed by atoms with van der Waals surface area (Å²) in [5.74, 6) is 2.21. The molecule has 3 heterocycles. The minimum atomic E-state index is 0.194. The molecule has 0 spiro atoms. The van der Waals surface area contributed by atoms with Gasteiger partial charge in [-0.15, -0.1) is 0 Å². The highest BCUT2D eigenvalue weighted by Crippen LogP contribution is 2.24. The zero-order chi connectivity index (χ0) is 16.4. The van der Waals surface area contributed by atoms with E-state index in [0.29, 0.717) is 23.7 Å². The Hall–Kier alpha value is -1.47. The van der Waals surface area contributed by atoms with Gasteiger partial charge in [-0.05, 0) is 19.3 Å². The van der Waals surface area contributed by atoms with Crippen LogP contribution in [0.3, 0.4) is 0 Å². The Labute approximate surface area is 137 Å². The van der Waals surface area contributed by atoms with Crippen molar-refractivity contribution in [3.05, 3.63) is 11.7 Å². The lowest BCUT2D eigenvalue weighted by Gasteiger charge is -2.30. The molecule has 3 rings (SSSR count). The van der Waals surface area contributed by atoms with Gasteiger partial charge in [-0.25, -0.2) is 0 Å². The standard InChI is InChI=1S/C16H27N5O2/c1-12-9-19(11-16-17-13(2)18-23-16)10-15(12)21-6-4-5-20(7-8-21)14(3)22/h12,15H,4-11H2,1-3H3/t12-,15-/m1/s1. The molecule has 2 saturated heterocycles. The first-order chi connectivity index (χ1) is 11.0.